The second kappa shape index (κ2) is 9.46. The monoisotopic (exact) mass is 384 g/mol. The van der Waals surface area contributed by atoms with Gasteiger partial charge in [-0.25, -0.2) is 4.39 Å². The standard InChI is InChI=1S/C22H26FN3O2/c1-2-18-5-3-4-6-20(18)24-21(27)16-25-11-13-26(14-12-25)22(28)15-17-7-9-19(23)10-8-17/h3-10H,2,11-16H2,1H3,(H,24,27)/p+1. The fraction of sp³-hybridized carbons (Fsp3) is 0.364. The normalized spacial score (nSPS) is 14.7. The second-order valence-corrected chi connectivity index (χ2v) is 7.17. The number of carbonyl (C=O) groups excluding carboxylic acids is 2. The van der Waals surface area contributed by atoms with Gasteiger partial charge in [-0.05, 0) is 35.7 Å². The highest BCUT2D eigenvalue weighted by Crippen LogP contribution is 2.14. The average molecular weight is 384 g/mol. The minimum atomic E-state index is -0.298. The summed E-state index contributed by atoms with van der Waals surface area (Å²) in [6.45, 7) is 5.23. The Bertz CT molecular complexity index is 815. The summed E-state index contributed by atoms with van der Waals surface area (Å²) < 4.78 is 13.0. The fourth-order valence-corrected chi connectivity index (χ4v) is 3.51. The maximum absolute atomic E-state index is 13.0. The minimum Gasteiger partial charge on any atom is -0.331 e. The summed E-state index contributed by atoms with van der Waals surface area (Å²) in [5.74, 6) is -0.248. The van der Waals surface area contributed by atoms with E-state index in [-0.39, 0.29) is 24.1 Å². The highest BCUT2D eigenvalue weighted by molar-refractivity contribution is 5.92. The van der Waals surface area contributed by atoms with Crippen molar-refractivity contribution in [2.45, 2.75) is 19.8 Å². The highest BCUT2D eigenvalue weighted by Gasteiger charge is 2.25. The molecule has 148 valence electrons. The zero-order chi connectivity index (χ0) is 19.9. The molecule has 1 heterocycles. The molecule has 0 aliphatic carbocycles. The molecule has 0 radical (unpaired) electrons. The van der Waals surface area contributed by atoms with Gasteiger partial charge in [-0.3, -0.25) is 9.59 Å². The number of nitrogens with one attached hydrogen (secondary N) is 2. The number of para-hydroxylation sites is 1. The number of carbonyl (C=O) groups is 2. The van der Waals surface area contributed by atoms with Gasteiger partial charge in [-0.2, -0.15) is 0 Å². The van der Waals surface area contributed by atoms with Crippen LogP contribution in [0.5, 0.6) is 0 Å². The fourth-order valence-electron chi connectivity index (χ4n) is 3.51. The molecule has 0 aromatic heterocycles. The maximum atomic E-state index is 13.0. The van der Waals surface area contributed by atoms with Crippen LogP contribution in [0.15, 0.2) is 48.5 Å². The SMILES string of the molecule is CCc1ccccc1NC(=O)C[NH+]1CCN(C(=O)Cc2ccc(F)cc2)CC1. The molecule has 0 bridgehead atoms. The summed E-state index contributed by atoms with van der Waals surface area (Å²) in [5, 5.41) is 3.01. The number of rotatable bonds is 6. The Labute approximate surface area is 165 Å². The van der Waals surface area contributed by atoms with Crippen LogP contribution < -0.4 is 10.2 Å². The molecule has 1 aliphatic heterocycles. The molecule has 6 heteroatoms. The lowest BCUT2D eigenvalue weighted by atomic mass is 10.1. The third-order valence-corrected chi connectivity index (χ3v) is 5.17. The molecule has 0 unspecified atom stereocenters. The topological polar surface area (TPSA) is 53.9 Å². The van der Waals surface area contributed by atoms with Gasteiger partial charge in [0.1, 0.15) is 5.82 Å². The number of hydrogen-bond donors (Lipinski definition) is 2. The zero-order valence-electron chi connectivity index (χ0n) is 16.2. The van der Waals surface area contributed by atoms with Crippen molar-refractivity contribution >= 4 is 17.5 Å². The van der Waals surface area contributed by atoms with Crippen LogP contribution in [0.4, 0.5) is 10.1 Å². The molecule has 1 fully saturated rings. The van der Waals surface area contributed by atoms with Crippen LogP contribution in [0.1, 0.15) is 18.1 Å². The third kappa shape index (κ3) is 5.39. The van der Waals surface area contributed by atoms with Gasteiger partial charge >= 0.3 is 0 Å². The number of halogens is 1. The van der Waals surface area contributed by atoms with Crippen LogP contribution in [-0.2, 0) is 22.4 Å². The first-order chi connectivity index (χ1) is 13.5. The number of amides is 2. The van der Waals surface area contributed by atoms with Gasteiger partial charge in [-0.15, -0.1) is 0 Å². The molecular formula is C22H27FN3O2+. The summed E-state index contributed by atoms with van der Waals surface area (Å²) in [7, 11) is 0. The molecule has 2 amide bonds. The van der Waals surface area contributed by atoms with Crippen LogP contribution >= 0.6 is 0 Å². The number of hydrogen-bond acceptors (Lipinski definition) is 2. The first kappa shape index (κ1) is 20.0. The molecule has 28 heavy (non-hydrogen) atoms. The van der Waals surface area contributed by atoms with Gasteiger partial charge in [0.15, 0.2) is 6.54 Å². The van der Waals surface area contributed by atoms with Gasteiger partial charge in [0.25, 0.3) is 5.91 Å². The quantitative estimate of drug-likeness (QED) is 0.789. The van der Waals surface area contributed by atoms with Crippen molar-refractivity contribution in [3.63, 3.8) is 0 Å². The molecule has 0 spiro atoms. The highest BCUT2D eigenvalue weighted by atomic mass is 19.1. The van der Waals surface area contributed by atoms with Crippen molar-refractivity contribution in [3.05, 3.63) is 65.5 Å². The Kier molecular flexibility index (Phi) is 6.76. The van der Waals surface area contributed by atoms with E-state index in [1.54, 1.807) is 12.1 Å². The maximum Gasteiger partial charge on any atom is 0.279 e. The Morgan fingerprint density at radius 3 is 2.43 bits per heavy atom. The number of aryl methyl sites for hydroxylation is 1. The second-order valence-electron chi connectivity index (χ2n) is 7.17. The predicted molar refractivity (Wildman–Crippen MR) is 107 cm³/mol. The van der Waals surface area contributed by atoms with E-state index in [1.165, 1.54) is 17.0 Å². The van der Waals surface area contributed by atoms with Crippen LogP contribution in [0.3, 0.4) is 0 Å². The van der Waals surface area contributed by atoms with Crippen molar-refractivity contribution < 1.29 is 18.9 Å². The van der Waals surface area contributed by atoms with E-state index in [2.05, 4.69) is 12.2 Å². The van der Waals surface area contributed by atoms with E-state index >= 15 is 0 Å². The first-order valence-electron chi connectivity index (χ1n) is 9.78. The molecule has 3 rings (SSSR count). The van der Waals surface area contributed by atoms with E-state index < -0.39 is 0 Å². The Morgan fingerprint density at radius 2 is 1.75 bits per heavy atom. The largest absolute Gasteiger partial charge is 0.331 e. The number of benzene rings is 2. The summed E-state index contributed by atoms with van der Waals surface area (Å²) in [6, 6.07) is 13.9. The number of piperazine rings is 1. The Hall–Kier alpha value is -2.73. The summed E-state index contributed by atoms with van der Waals surface area (Å²) in [4.78, 5) is 27.8. The molecule has 2 aromatic rings. The van der Waals surface area contributed by atoms with Crippen molar-refractivity contribution in [2.24, 2.45) is 0 Å². The number of quaternary nitrogens is 1. The summed E-state index contributed by atoms with van der Waals surface area (Å²) >= 11 is 0. The lowest BCUT2D eigenvalue weighted by Gasteiger charge is -2.32. The molecule has 1 saturated heterocycles. The van der Waals surface area contributed by atoms with Gasteiger partial charge in [0.05, 0.1) is 32.6 Å². The van der Waals surface area contributed by atoms with Crippen molar-refractivity contribution in [2.75, 3.05) is 38.0 Å². The summed E-state index contributed by atoms with van der Waals surface area (Å²) in [6.07, 6.45) is 1.15. The minimum absolute atomic E-state index is 0.00184. The lowest BCUT2D eigenvalue weighted by Crippen LogP contribution is -3.15. The molecule has 5 nitrogen and oxygen atoms in total. The van der Waals surface area contributed by atoms with E-state index in [4.69, 9.17) is 0 Å². The van der Waals surface area contributed by atoms with E-state index in [0.29, 0.717) is 19.6 Å². The van der Waals surface area contributed by atoms with Crippen molar-refractivity contribution in [1.82, 2.24) is 4.90 Å². The van der Waals surface area contributed by atoms with E-state index in [1.807, 2.05) is 29.2 Å². The lowest BCUT2D eigenvalue weighted by molar-refractivity contribution is -0.895. The average Bonchev–Trinajstić information content (AvgIpc) is 2.70. The van der Waals surface area contributed by atoms with Gasteiger partial charge < -0.3 is 15.1 Å². The van der Waals surface area contributed by atoms with Crippen molar-refractivity contribution in [1.29, 1.82) is 0 Å². The van der Waals surface area contributed by atoms with E-state index in [0.717, 1.165) is 36.3 Å². The molecular weight excluding hydrogens is 357 g/mol. The number of anilines is 1. The molecule has 1 aliphatic rings. The van der Waals surface area contributed by atoms with Crippen LogP contribution in [-0.4, -0.2) is 49.4 Å². The van der Waals surface area contributed by atoms with Crippen LogP contribution in [0.25, 0.3) is 0 Å². The van der Waals surface area contributed by atoms with Crippen LogP contribution in [0, 0.1) is 5.82 Å². The van der Waals surface area contributed by atoms with E-state index in [9.17, 15) is 14.0 Å². The van der Waals surface area contributed by atoms with Crippen molar-refractivity contribution in [3.8, 4) is 0 Å². The zero-order valence-corrected chi connectivity index (χ0v) is 16.2. The molecule has 0 saturated carbocycles. The Balaban J connectivity index is 1.45. The molecule has 2 aromatic carbocycles. The third-order valence-electron chi connectivity index (χ3n) is 5.17. The van der Waals surface area contributed by atoms with Crippen LogP contribution in [0.2, 0.25) is 0 Å². The smallest absolute Gasteiger partial charge is 0.279 e. The molecule has 0 atom stereocenters. The predicted octanol–water partition coefficient (Wildman–Crippen LogP) is 1.30. The van der Waals surface area contributed by atoms with Gasteiger partial charge in [-0.1, -0.05) is 37.3 Å². The Morgan fingerprint density at radius 1 is 1.07 bits per heavy atom. The van der Waals surface area contributed by atoms with Gasteiger partial charge in [0, 0.05) is 5.69 Å². The van der Waals surface area contributed by atoms with Gasteiger partial charge in [0.2, 0.25) is 5.91 Å². The first-order valence-corrected chi connectivity index (χ1v) is 9.78. The summed E-state index contributed by atoms with van der Waals surface area (Å²) in [5.41, 5.74) is 2.82. The molecule has 2 N–H and O–H groups in total. The number of nitrogens with zero attached hydrogens (tertiary/aromatic N) is 1.